The number of anilines is 2. The molecular formula is C12H21N5. The molecule has 0 amide bonds. The summed E-state index contributed by atoms with van der Waals surface area (Å²) in [5, 5.41) is 0. The minimum Gasteiger partial charge on any atom is -0.384 e. The maximum atomic E-state index is 5.68. The fourth-order valence-electron chi connectivity index (χ4n) is 2.52. The van der Waals surface area contributed by atoms with Crippen molar-refractivity contribution < 1.29 is 0 Å². The van der Waals surface area contributed by atoms with Crippen LogP contribution in [0.3, 0.4) is 0 Å². The van der Waals surface area contributed by atoms with Crippen LogP contribution in [0.5, 0.6) is 0 Å². The monoisotopic (exact) mass is 235 g/mol. The average Bonchev–Trinajstić information content (AvgIpc) is 2.80. The lowest BCUT2D eigenvalue weighted by molar-refractivity contribution is 0.232. The van der Waals surface area contributed by atoms with Crippen molar-refractivity contribution in [2.75, 3.05) is 36.8 Å². The number of likely N-dealkylation sites (N-methyl/N-ethyl adjacent to an activating group) is 1. The summed E-state index contributed by atoms with van der Waals surface area (Å²) >= 11 is 0. The Hall–Kier alpha value is -1.36. The van der Waals surface area contributed by atoms with Crippen molar-refractivity contribution >= 4 is 11.6 Å². The van der Waals surface area contributed by atoms with Gasteiger partial charge in [0.05, 0.1) is 0 Å². The Labute approximate surface area is 103 Å². The highest BCUT2D eigenvalue weighted by molar-refractivity contribution is 5.46. The van der Waals surface area contributed by atoms with E-state index in [0.29, 0.717) is 11.9 Å². The number of nitrogens with two attached hydrogens (primary N) is 1. The van der Waals surface area contributed by atoms with Gasteiger partial charge in [-0.1, -0.05) is 13.8 Å². The van der Waals surface area contributed by atoms with E-state index in [2.05, 4.69) is 33.6 Å². The van der Waals surface area contributed by atoms with Gasteiger partial charge in [-0.2, -0.15) is 0 Å². The number of nitrogen functional groups attached to an aromatic ring is 1. The largest absolute Gasteiger partial charge is 0.384 e. The van der Waals surface area contributed by atoms with Gasteiger partial charge in [0, 0.05) is 25.2 Å². The molecule has 2 rings (SSSR count). The molecule has 0 radical (unpaired) electrons. The predicted octanol–water partition coefficient (Wildman–Crippen LogP) is 0.979. The van der Waals surface area contributed by atoms with E-state index < -0.39 is 0 Å². The second kappa shape index (κ2) is 5.31. The van der Waals surface area contributed by atoms with Gasteiger partial charge >= 0.3 is 0 Å². The minimum absolute atomic E-state index is 0.543. The summed E-state index contributed by atoms with van der Waals surface area (Å²) in [6.07, 6.45) is 2.74. The van der Waals surface area contributed by atoms with Gasteiger partial charge in [-0.05, 0) is 19.5 Å². The highest BCUT2D eigenvalue weighted by Gasteiger charge is 2.26. The Kier molecular flexibility index (Phi) is 3.78. The maximum absolute atomic E-state index is 5.68. The molecule has 1 unspecified atom stereocenters. The molecular weight excluding hydrogens is 214 g/mol. The van der Waals surface area contributed by atoms with E-state index in [1.54, 1.807) is 0 Å². The molecule has 1 saturated heterocycles. The normalized spacial score (nSPS) is 20.2. The molecule has 17 heavy (non-hydrogen) atoms. The molecule has 5 heteroatoms. The van der Waals surface area contributed by atoms with Crippen molar-refractivity contribution in [3.8, 4) is 0 Å². The second-order valence-corrected chi connectivity index (χ2v) is 4.41. The SMILES string of the molecule is CCN(CC)C1CCN(c2cc(N)ncn2)C1. The van der Waals surface area contributed by atoms with Crippen LogP contribution >= 0.6 is 0 Å². The van der Waals surface area contributed by atoms with E-state index in [1.807, 2.05) is 6.07 Å². The van der Waals surface area contributed by atoms with Crippen LogP contribution in [0.1, 0.15) is 20.3 Å². The Morgan fingerprint density at radius 3 is 2.82 bits per heavy atom. The van der Waals surface area contributed by atoms with Gasteiger partial charge < -0.3 is 10.6 Å². The van der Waals surface area contributed by atoms with Crippen molar-refractivity contribution in [1.29, 1.82) is 0 Å². The fourth-order valence-corrected chi connectivity index (χ4v) is 2.52. The zero-order chi connectivity index (χ0) is 12.3. The third kappa shape index (κ3) is 2.66. The Balaban J connectivity index is 2.02. The Morgan fingerprint density at radius 2 is 2.18 bits per heavy atom. The molecule has 0 aromatic carbocycles. The molecule has 0 bridgehead atoms. The first-order valence-corrected chi connectivity index (χ1v) is 6.31. The minimum atomic E-state index is 0.543. The number of hydrogen-bond acceptors (Lipinski definition) is 5. The summed E-state index contributed by atoms with van der Waals surface area (Å²) in [5.74, 6) is 1.49. The third-order valence-electron chi connectivity index (χ3n) is 3.49. The van der Waals surface area contributed by atoms with Crippen LogP contribution < -0.4 is 10.6 Å². The molecule has 0 spiro atoms. The van der Waals surface area contributed by atoms with E-state index >= 15 is 0 Å². The summed E-state index contributed by atoms with van der Waals surface area (Å²) in [4.78, 5) is 13.0. The van der Waals surface area contributed by atoms with Crippen LogP contribution in [0.25, 0.3) is 0 Å². The van der Waals surface area contributed by atoms with Crippen LogP contribution in [0.4, 0.5) is 11.6 Å². The first-order chi connectivity index (χ1) is 8.24. The number of rotatable bonds is 4. The first-order valence-electron chi connectivity index (χ1n) is 6.31. The summed E-state index contributed by atoms with van der Waals surface area (Å²) in [6.45, 7) is 8.75. The van der Waals surface area contributed by atoms with E-state index in [9.17, 15) is 0 Å². The third-order valence-corrected chi connectivity index (χ3v) is 3.49. The van der Waals surface area contributed by atoms with Crippen LogP contribution in [0.2, 0.25) is 0 Å². The molecule has 0 saturated carbocycles. The van der Waals surface area contributed by atoms with Crippen LogP contribution in [0, 0.1) is 0 Å². The molecule has 1 aliphatic heterocycles. The highest BCUT2D eigenvalue weighted by Crippen LogP contribution is 2.21. The van der Waals surface area contributed by atoms with Crippen LogP contribution in [-0.2, 0) is 0 Å². The predicted molar refractivity (Wildman–Crippen MR) is 70.0 cm³/mol. The van der Waals surface area contributed by atoms with Crippen molar-refractivity contribution in [2.45, 2.75) is 26.3 Å². The van der Waals surface area contributed by atoms with Gasteiger partial charge in [0.25, 0.3) is 0 Å². The van der Waals surface area contributed by atoms with Crippen LogP contribution in [-0.4, -0.2) is 47.1 Å². The fraction of sp³-hybridized carbons (Fsp3) is 0.667. The molecule has 1 aromatic rings. The highest BCUT2D eigenvalue weighted by atomic mass is 15.3. The molecule has 94 valence electrons. The topological polar surface area (TPSA) is 58.3 Å². The molecule has 1 aromatic heterocycles. The summed E-state index contributed by atoms with van der Waals surface area (Å²) in [5.41, 5.74) is 5.68. The van der Waals surface area contributed by atoms with Gasteiger partial charge in [0.2, 0.25) is 0 Å². The van der Waals surface area contributed by atoms with E-state index in [4.69, 9.17) is 5.73 Å². The zero-order valence-electron chi connectivity index (χ0n) is 10.6. The summed E-state index contributed by atoms with van der Waals surface area (Å²) in [6, 6.07) is 2.49. The number of hydrogen-bond donors (Lipinski definition) is 1. The van der Waals surface area contributed by atoms with E-state index in [0.717, 1.165) is 32.0 Å². The van der Waals surface area contributed by atoms with Crippen molar-refractivity contribution in [3.05, 3.63) is 12.4 Å². The maximum Gasteiger partial charge on any atom is 0.134 e. The van der Waals surface area contributed by atoms with Gasteiger partial charge in [0.15, 0.2) is 0 Å². The molecule has 1 atom stereocenters. The number of aromatic nitrogens is 2. The van der Waals surface area contributed by atoms with Crippen molar-refractivity contribution in [2.24, 2.45) is 0 Å². The van der Waals surface area contributed by atoms with Crippen molar-refractivity contribution in [1.82, 2.24) is 14.9 Å². The van der Waals surface area contributed by atoms with E-state index in [1.165, 1.54) is 12.7 Å². The lowest BCUT2D eigenvalue weighted by Gasteiger charge is -2.26. The van der Waals surface area contributed by atoms with Gasteiger partial charge in [0.1, 0.15) is 18.0 Å². The molecule has 1 aliphatic rings. The molecule has 2 heterocycles. The smallest absolute Gasteiger partial charge is 0.134 e. The van der Waals surface area contributed by atoms with E-state index in [-0.39, 0.29) is 0 Å². The lowest BCUT2D eigenvalue weighted by atomic mass is 10.2. The Morgan fingerprint density at radius 1 is 1.41 bits per heavy atom. The average molecular weight is 235 g/mol. The van der Waals surface area contributed by atoms with Gasteiger partial charge in [-0.3, -0.25) is 4.90 Å². The molecule has 1 fully saturated rings. The van der Waals surface area contributed by atoms with Crippen molar-refractivity contribution in [3.63, 3.8) is 0 Å². The second-order valence-electron chi connectivity index (χ2n) is 4.41. The molecule has 0 aliphatic carbocycles. The molecule has 2 N–H and O–H groups in total. The zero-order valence-corrected chi connectivity index (χ0v) is 10.6. The summed E-state index contributed by atoms with van der Waals surface area (Å²) < 4.78 is 0. The first kappa shape index (κ1) is 12.1. The lowest BCUT2D eigenvalue weighted by Crippen LogP contribution is -2.37. The van der Waals surface area contributed by atoms with Gasteiger partial charge in [-0.25, -0.2) is 9.97 Å². The summed E-state index contributed by atoms with van der Waals surface area (Å²) in [7, 11) is 0. The van der Waals surface area contributed by atoms with Gasteiger partial charge in [-0.15, -0.1) is 0 Å². The standard InChI is InChI=1S/C12H21N5/c1-3-16(4-2)10-5-6-17(8-10)12-7-11(13)14-9-15-12/h7,9-10H,3-6,8H2,1-2H3,(H2,13,14,15). The quantitative estimate of drug-likeness (QED) is 0.843. The molecule has 5 nitrogen and oxygen atoms in total. The van der Waals surface area contributed by atoms with Crippen LogP contribution in [0.15, 0.2) is 12.4 Å². The number of nitrogens with zero attached hydrogens (tertiary/aromatic N) is 4. The Bertz CT molecular complexity index is 364.